The molecule has 1 aromatic carbocycles. The summed E-state index contributed by atoms with van der Waals surface area (Å²) < 4.78 is 1.09. The van der Waals surface area contributed by atoms with Crippen molar-refractivity contribution in [2.24, 2.45) is 5.41 Å². The van der Waals surface area contributed by atoms with Crippen LogP contribution in [0.25, 0.3) is 0 Å². The van der Waals surface area contributed by atoms with Gasteiger partial charge in [0.1, 0.15) is 0 Å². The van der Waals surface area contributed by atoms with Gasteiger partial charge >= 0.3 is 0 Å². The molecule has 24 heavy (non-hydrogen) atoms. The highest BCUT2D eigenvalue weighted by Crippen LogP contribution is 2.31. The first-order valence-corrected chi connectivity index (χ1v) is 10.1. The quantitative estimate of drug-likeness (QED) is 0.445. The van der Waals surface area contributed by atoms with Gasteiger partial charge in [-0.2, -0.15) is 0 Å². The number of rotatable bonds is 9. The molecule has 1 aromatic rings. The molecule has 0 saturated carbocycles. The fourth-order valence-electron chi connectivity index (χ4n) is 3.03. The van der Waals surface area contributed by atoms with Gasteiger partial charge in [0.2, 0.25) is 5.91 Å². The van der Waals surface area contributed by atoms with E-state index in [4.69, 9.17) is 0 Å². The molecule has 1 rings (SSSR count). The molecule has 2 nitrogen and oxygen atoms in total. The van der Waals surface area contributed by atoms with Gasteiger partial charge in [0.15, 0.2) is 0 Å². The molecule has 0 spiro atoms. The van der Waals surface area contributed by atoms with Crippen molar-refractivity contribution in [2.75, 3.05) is 4.90 Å². The second-order valence-corrected chi connectivity index (χ2v) is 8.48. The van der Waals surface area contributed by atoms with Crippen LogP contribution in [0.1, 0.15) is 78.7 Å². The van der Waals surface area contributed by atoms with Crippen LogP contribution in [0.2, 0.25) is 0 Å². The molecule has 1 amide bonds. The molecule has 0 fully saturated rings. The summed E-state index contributed by atoms with van der Waals surface area (Å²) in [6, 6.07) is 6.57. The van der Waals surface area contributed by atoms with Gasteiger partial charge in [-0.25, -0.2) is 0 Å². The number of aryl methyl sites for hydroxylation is 1. The lowest BCUT2D eigenvalue weighted by Gasteiger charge is -2.35. The highest BCUT2D eigenvalue weighted by Gasteiger charge is 2.29. The smallest absolute Gasteiger partial charge is 0.227 e. The number of benzene rings is 1. The Kier molecular flexibility index (Phi) is 8.49. The lowest BCUT2D eigenvalue weighted by atomic mass is 9.85. The van der Waals surface area contributed by atoms with E-state index in [2.05, 4.69) is 80.6 Å². The molecule has 3 heteroatoms. The van der Waals surface area contributed by atoms with Crippen molar-refractivity contribution < 1.29 is 4.79 Å². The lowest BCUT2D eigenvalue weighted by molar-refractivity contribution is -0.121. The second-order valence-electron chi connectivity index (χ2n) is 7.62. The van der Waals surface area contributed by atoms with Crippen molar-refractivity contribution in [3.63, 3.8) is 0 Å². The minimum atomic E-state index is 0.0444. The normalized spacial score (nSPS) is 11.8. The van der Waals surface area contributed by atoms with Gasteiger partial charge in [0.05, 0.1) is 0 Å². The van der Waals surface area contributed by atoms with Crippen LogP contribution in [0, 0.1) is 12.3 Å². The predicted octanol–water partition coefficient (Wildman–Crippen LogP) is 6.89. The molecule has 0 bridgehead atoms. The minimum Gasteiger partial charge on any atom is -0.309 e. The Balaban J connectivity index is 3.23. The number of amides is 1. The van der Waals surface area contributed by atoms with Crippen molar-refractivity contribution >= 4 is 27.5 Å². The van der Waals surface area contributed by atoms with Crippen LogP contribution in [0.4, 0.5) is 5.69 Å². The average molecular weight is 396 g/mol. The number of carbonyl (C=O) groups excluding carboxylic acids is 1. The molecule has 0 saturated heterocycles. The Labute approximate surface area is 157 Å². The fraction of sp³-hybridized carbons (Fsp3) is 0.667. The van der Waals surface area contributed by atoms with E-state index in [-0.39, 0.29) is 11.3 Å². The zero-order valence-electron chi connectivity index (χ0n) is 16.3. The van der Waals surface area contributed by atoms with Crippen LogP contribution in [-0.2, 0) is 4.79 Å². The van der Waals surface area contributed by atoms with Gasteiger partial charge in [-0.3, -0.25) is 4.79 Å². The Bertz CT molecular complexity index is 533. The van der Waals surface area contributed by atoms with Crippen LogP contribution >= 0.6 is 15.9 Å². The van der Waals surface area contributed by atoms with Gasteiger partial charge in [0, 0.05) is 22.6 Å². The van der Waals surface area contributed by atoms with E-state index >= 15 is 0 Å². The van der Waals surface area contributed by atoms with E-state index in [1.165, 1.54) is 5.56 Å². The molecular weight excluding hydrogens is 362 g/mol. The first-order valence-electron chi connectivity index (χ1n) is 9.34. The zero-order chi connectivity index (χ0) is 18.3. The highest BCUT2D eigenvalue weighted by atomic mass is 79.9. The van der Waals surface area contributed by atoms with Crippen molar-refractivity contribution in [1.82, 2.24) is 0 Å². The van der Waals surface area contributed by atoms with Crippen LogP contribution < -0.4 is 4.90 Å². The summed E-state index contributed by atoms with van der Waals surface area (Å²) in [7, 11) is 0. The van der Waals surface area contributed by atoms with E-state index in [0.29, 0.717) is 12.5 Å². The van der Waals surface area contributed by atoms with Crippen molar-refractivity contribution in [3.05, 3.63) is 28.2 Å². The molecule has 0 aliphatic heterocycles. The van der Waals surface area contributed by atoms with Crippen LogP contribution in [-0.4, -0.2) is 11.9 Å². The first kappa shape index (κ1) is 21.2. The third kappa shape index (κ3) is 5.91. The molecule has 0 aromatic heterocycles. The van der Waals surface area contributed by atoms with Gasteiger partial charge in [-0.1, -0.05) is 69.8 Å². The third-order valence-corrected chi connectivity index (χ3v) is 5.77. The maximum Gasteiger partial charge on any atom is 0.227 e. The number of carbonyl (C=O) groups is 1. The number of nitrogens with zero attached hydrogens (tertiary/aromatic N) is 1. The van der Waals surface area contributed by atoms with Gasteiger partial charge < -0.3 is 4.90 Å². The van der Waals surface area contributed by atoms with E-state index in [1.807, 2.05) is 0 Å². The van der Waals surface area contributed by atoms with Gasteiger partial charge in [-0.15, -0.1) is 0 Å². The molecular formula is C21H34BrNO. The number of hydrogen-bond donors (Lipinski definition) is 0. The largest absolute Gasteiger partial charge is 0.309 e. The first-order chi connectivity index (χ1) is 11.3. The summed E-state index contributed by atoms with van der Waals surface area (Å²) in [5.74, 6) is 0.260. The highest BCUT2D eigenvalue weighted by molar-refractivity contribution is 9.10. The molecule has 0 atom stereocenters. The molecule has 0 heterocycles. The van der Waals surface area contributed by atoms with E-state index in [0.717, 1.165) is 42.3 Å². The van der Waals surface area contributed by atoms with Gasteiger partial charge in [-0.05, 0) is 48.9 Å². The fourth-order valence-corrected chi connectivity index (χ4v) is 3.27. The maximum absolute atomic E-state index is 13.2. The zero-order valence-corrected chi connectivity index (χ0v) is 17.9. The van der Waals surface area contributed by atoms with Crippen molar-refractivity contribution in [1.29, 1.82) is 0 Å². The molecule has 0 unspecified atom stereocenters. The maximum atomic E-state index is 13.2. The summed E-state index contributed by atoms with van der Waals surface area (Å²) in [5.41, 5.74) is 2.26. The van der Waals surface area contributed by atoms with Crippen LogP contribution in [0.15, 0.2) is 22.7 Å². The second kappa shape index (κ2) is 9.60. The topological polar surface area (TPSA) is 20.3 Å². The Morgan fingerprint density at radius 1 is 1.17 bits per heavy atom. The third-order valence-electron chi connectivity index (χ3n) is 4.88. The summed E-state index contributed by atoms with van der Waals surface area (Å²) in [6.07, 6.45) is 5.92. The molecule has 0 radical (unpaired) electrons. The Hall–Kier alpha value is -0.830. The Morgan fingerprint density at radius 3 is 2.21 bits per heavy atom. The molecule has 0 N–H and O–H groups in total. The van der Waals surface area contributed by atoms with E-state index in [1.54, 1.807) is 0 Å². The number of anilines is 1. The number of halogens is 1. The summed E-state index contributed by atoms with van der Waals surface area (Å²) in [5, 5.41) is 0. The summed E-state index contributed by atoms with van der Waals surface area (Å²) in [6.45, 7) is 13.0. The summed E-state index contributed by atoms with van der Waals surface area (Å²) in [4.78, 5) is 15.3. The number of hydrogen-bond acceptors (Lipinski definition) is 1. The van der Waals surface area contributed by atoms with E-state index in [9.17, 15) is 4.79 Å². The van der Waals surface area contributed by atoms with Crippen LogP contribution in [0.5, 0.6) is 0 Å². The standard InChI is InChI=1S/C21H34BrNO/c1-7-10-17(11-8-2)23(20(24)15-21(5,6)9-3)18-12-13-19(22)16(4)14-18/h12-14,17H,7-11,15H2,1-6H3. The average Bonchev–Trinajstić information content (AvgIpc) is 2.51. The van der Waals surface area contributed by atoms with Gasteiger partial charge in [0.25, 0.3) is 0 Å². The predicted molar refractivity (Wildman–Crippen MR) is 109 cm³/mol. The Morgan fingerprint density at radius 2 is 1.75 bits per heavy atom. The molecule has 136 valence electrons. The summed E-state index contributed by atoms with van der Waals surface area (Å²) >= 11 is 3.57. The SMILES string of the molecule is CCCC(CCC)N(C(=O)CC(C)(C)CC)c1ccc(Br)c(C)c1. The van der Waals surface area contributed by atoms with Crippen molar-refractivity contribution in [3.8, 4) is 0 Å². The monoisotopic (exact) mass is 395 g/mol. The van der Waals surface area contributed by atoms with Crippen molar-refractivity contribution in [2.45, 2.75) is 86.1 Å². The van der Waals surface area contributed by atoms with E-state index < -0.39 is 0 Å². The molecule has 0 aliphatic carbocycles. The minimum absolute atomic E-state index is 0.0444. The lowest BCUT2D eigenvalue weighted by Crippen LogP contribution is -2.42. The van der Waals surface area contributed by atoms with Crippen LogP contribution in [0.3, 0.4) is 0 Å². The molecule has 0 aliphatic rings.